The highest BCUT2D eigenvalue weighted by Crippen LogP contribution is 2.19. The number of nitrogens with one attached hydrogen (secondary N) is 10. The number of rotatable bonds is 32. The summed E-state index contributed by atoms with van der Waals surface area (Å²) < 4.78 is 0. The number of H-pyrrole nitrogens is 1. The van der Waals surface area contributed by atoms with E-state index in [4.69, 9.17) is 17.2 Å². The number of nitrogens with two attached hydrogens (primary N) is 3. The quantitative estimate of drug-likeness (QED) is 0.0319. The van der Waals surface area contributed by atoms with Gasteiger partial charge in [0, 0.05) is 23.5 Å². The van der Waals surface area contributed by atoms with Crippen molar-refractivity contribution in [3.8, 4) is 5.75 Å². The highest BCUT2D eigenvalue weighted by molar-refractivity contribution is 5.99. The minimum Gasteiger partial charge on any atom is -0.508 e. The van der Waals surface area contributed by atoms with Gasteiger partial charge >= 0.3 is 0 Å². The smallest absolute Gasteiger partial charge is 0.245 e. The molecule has 26 nitrogen and oxygen atoms in total. The summed E-state index contributed by atoms with van der Waals surface area (Å²) in [5, 5.41) is 43.5. The SMILES string of the molecule is CC(C)C[C@H](NC(=O)[C@H](CC(C)C)NC(=O)[C@H](Cc1ccc(O)cc1)NC(=O)CNC(=O)[C@H](C)NC(=O)[C@H](C)NC(=O)[C@H](CC(N)=O)NC(=O)[C@H](CC(C)C)NC(=O)[C@@H](NC(=O)[C@@H](N)Cc1c[nH]c2ccccc12)[C@@H](C)O)C(N)=O. The third-order valence-corrected chi connectivity index (χ3v) is 12.6. The number of phenols is 1. The van der Waals surface area contributed by atoms with Crippen LogP contribution >= 0.6 is 0 Å². The summed E-state index contributed by atoms with van der Waals surface area (Å²) >= 11 is 0. The number of aliphatic hydroxyl groups excluding tert-OH is 1. The van der Waals surface area contributed by atoms with Crippen molar-refractivity contribution in [1.82, 2.24) is 52.8 Å². The van der Waals surface area contributed by atoms with E-state index in [0.29, 0.717) is 5.56 Å². The van der Waals surface area contributed by atoms with Crippen molar-refractivity contribution < 1.29 is 63.0 Å². The van der Waals surface area contributed by atoms with E-state index in [9.17, 15) is 63.0 Å². The summed E-state index contributed by atoms with van der Waals surface area (Å²) in [7, 11) is 0. The fourth-order valence-corrected chi connectivity index (χ4v) is 8.33. The Morgan fingerprint density at radius 2 is 1.01 bits per heavy atom. The molecule has 0 fully saturated rings. The molecule has 1 aromatic heterocycles. The number of aromatic nitrogens is 1. The Kier molecular flexibility index (Phi) is 26.0. The van der Waals surface area contributed by atoms with Gasteiger partial charge in [0.2, 0.25) is 65.0 Å². The summed E-state index contributed by atoms with van der Waals surface area (Å²) in [5.74, 6) is -9.98. The van der Waals surface area contributed by atoms with Crippen molar-refractivity contribution in [3.05, 3.63) is 65.9 Å². The molecule has 1 heterocycles. The van der Waals surface area contributed by atoms with Crippen LogP contribution in [0.1, 0.15) is 99.1 Å². The van der Waals surface area contributed by atoms with E-state index < -0.39 is 138 Å². The Bertz CT molecular complexity index is 2660. The van der Waals surface area contributed by atoms with Crippen LogP contribution in [0.15, 0.2) is 54.7 Å². The van der Waals surface area contributed by atoms with E-state index in [2.05, 4.69) is 52.8 Å². The van der Waals surface area contributed by atoms with Crippen LogP contribution in [0.25, 0.3) is 10.9 Å². The first-order valence-electron chi connectivity index (χ1n) is 26.5. The standard InChI is InChI=1S/C54H81N13O13/c1-26(2)18-38(46(57)72)63-51(77)39(19-27(3)4)64-53(79)41(21-32-14-16-34(69)17-15-32)62-44(71)25-59-47(73)29(7)60-48(74)30(8)61-50(76)42(23-43(56)70)65-52(78)40(20-28(5)6)66-54(80)45(31(9)68)67-49(75)36(55)22-33-24-58-37-13-11-10-12-35(33)37/h10-17,24,26-31,36,38-42,45,58,68-69H,18-23,25,55H2,1-9H3,(H2,56,70)(H2,57,72)(H,59,73)(H,60,74)(H,61,76)(H,62,71)(H,63,77)(H,64,79)(H,65,78)(H,66,80)(H,67,75)/t29-,30-,31+,36-,38-,39-,40-,41-,42-,45-/m0/s1. The summed E-state index contributed by atoms with van der Waals surface area (Å²) in [4.78, 5) is 149. The van der Waals surface area contributed by atoms with Gasteiger partial charge in [-0.1, -0.05) is 71.9 Å². The number of carbonyl (C=O) groups excluding carboxylic acids is 11. The molecular weight excluding hydrogens is 1040 g/mol. The van der Waals surface area contributed by atoms with Gasteiger partial charge in [0.25, 0.3) is 0 Å². The van der Waals surface area contributed by atoms with Crippen molar-refractivity contribution in [2.24, 2.45) is 35.0 Å². The number of carbonyl (C=O) groups is 11. The molecule has 26 heteroatoms. The van der Waals surface area contributed by atoms with Crippen molar-refractivity contribution in [2.45, 2.75) is 161 Å². The number of benzene rings is 2. The predicted molar refractivity (Wildman–Crippen MR) is 295 cm³/mol. The van der Waals surface area contributed by atoms with Crippen LogP contribution in [0.4, 0.5) is 0 Å². The van der Waals surface area contributed by atoms with E-state index >= 15 is 0 Å². The lowest BCUT2D eigenvalue weighted by atomic mass is 9.99. The Morgan fingerprint density at radius 3 is 1.56 bits per heavy atom. The number of fused-ring (bicyclic) bond motifs is 1. The molecule has 0 saturated carbocycles. The molecule has 3 aromatic rings. The van der Waals surface area contributed by atoms with E-state index in [1.165, 1.54) is 45.0 Å². The number of amides is 11. The molecule has 0 spiro atoms. The molecule has 0 unspecified atom stereocenters. The zero-order valence-electron chi connectivity index (χ0n) is 46.8. The molecule has 0 aliphatic heterocycles. The summed E-state index contributed by atoms with van der Waals surface area (Å²) in [6.07, 6.45) is -0.147. The van der Waals surface area contributed by atoms with Gasteiger partial charge in [0.05, 0.1) is 25.1 Å². The van der Waals surface area contributed by atoms with Gasteiger partial charge in [0.1, 0.15) is 54.1 Å². The van der Waals surface area contributed by atoms with Crippen LogP contribution < -0.4 is 65.1 Å². The zero-order valence-corrected chi connectivity index (χ0v) is 46.8. The minimum atomic E-state index is -1.68. The fraction of sp³-hybridized carbons (Fsp3) is 0.537. The van der Waals surface area contributed by atoms with Crippen molar-refractivity contribution in [1.29, 1.82) is 0 Å². The highest BCUT2D eigenvalue weighted by Gasteiger charge is 2.35. The van der Waals surface area contributed by atoms with Gasteiger partial charge in [-0.25, -0.2) is 0 Å². The molecule has 2 aromatic carbocycles. The largest absolute Gasteiger partial charge is 0.508 e. The Hall–Kier alpha value is -8.13. The highest BCUT2D eigenvalue weighted by atomic mass is 16.3. The molecule has 0 radical (unpaired) electrons. The maximum absolute atomic E-state index is 13.9. The van der Waals surface area contributed by atoms with Gasteiger partial charge in [-0.15, -0.1) is 0 Å². The van der Waals surface area contributed by atoms with Gasteiger partial charge in [-0.05, 0) is 93.5 Å². The average molecular weight is 1120 g/mol. The molecule has 0 bridgehead atoms. The monoisotopic (exact) mass is 1120 g/mol. The van der Waals surface area contributed by atoms with Crippen LogP contribution in [0, 0.1) is 17.8 Å². The number of phenolic OH excluding ortho intramolecular Hbond substituents is 1. The zero-order chi connectivity index (χ0) is 60.1. The number of aromatic hydroxyl groups is 1. The first-order valence-corrected chi connectivity index (χ1v) is 26.5. The Balaban J connectivity index is 1.64. The third kappa shape index (κ3) is 22.0. The molecule has 3 rings (SSSR count). The molecule has 18 N–H and O–H groups in total. The van der Waals surface area contributed by atoms with Crippen LogP contribution in [-0.2, 0) is 65.6 Å². The lowest BCUT2D eigenvalue weighted by Gasteiger charge is -2.28. The molecular formula is C54H81N13O13. The first-order chi connectivity index (χ1) is 37.4. The second-order valence-corrected chi connectivity index (χ2v) is 21.3. The molecule has 0 aliphatic carbocycles. The second kappa shape index (κ2) is 31.5. The lowest BCUT2D eigenvalue weighted by Crippen LogP contribution is -2.61. The maximum Gasteiger partial charge on any atom is 0.245 e. The third-order valence-electron chi connectivity index (χ3n) is 12.6. The van der Waals surface area contributed by atoms with Gasteiger partial charge in [0.15, 0.2) is 0 Å². The van der Waals surface area contributed by atoms with Crippen LogP contribution in [0.2, 0.25) is 0 Å². The van der Waals surface area contributed by atoms with Crippen LogP contribution in [-0.4, -0.2) is 147 Å². The molecule has 10 atom stereocenters. The van der Waals surface area contributed by atoms with Gasteiger partial charge in [-0.2, -0.15) is 0 Å². The lowest BCUT2D eigenvalue weighted by molar-refractivity contribution is -0.137. The predicted octanol–water partition coefficient (Wildman–Crippen LogP) is -2.10. The van der Waals surface area contributed by atoms with E-state index in [1.54, 1.807) is 20.0 Å². The molecule has 440 valence electrons. The summed E-state index contributed by atoms with van der Waals surface area (Å²) in [5.41, 5.74) is 19.3. The summed E-state index contributed by atoms with van der Waals surface area (Å²) in [6.45, 7) is 13.9. The number of hydrogen-bond acceptors (Lipinski definition) is 14. The second-order valence-electron chi connectivity index (χ2n) is 21.3. The molecule has 11 amide bonds. The normalized spacial score (nSPS) is 15.1. The van der Waals surface area contributed by atoms with Crippen LogP contribution in [0.3, 0.4) is 0 Å². The number of primary amides is 2. The number of para-hydroxylation sites is 1. The summed E-state index contributed by atoms with van der Waals surface area (Å²) in [6, 6.07) is 1.18. The number of hydrogen-bond donors (Lipinski definition) is 15. The average Bonchev–Trinajstić information content (AvgIpc) is 3.77. The minimum absolute atomic E-state index is 0.00163. The molecule has 0 saturated heterocycles. The number of aliphatic hydroxyl groups is 1. The first kappa shape index (κ1) is 66.2. The fourth-order valence-electron chi connectivity index (χ4n) is 8.33. The molecule has 80 heavy (non-hydrogen) atoms. The van der Waals surface area contributed by atoms with Crippen molar-refractivity contribution in [2.75, 3.05) is 6.54 Å². The maximum atomic E-state index is 13.9. The Labute approximate surface area is 464 Å². The van der Waals surface area contributed by atoms with E-state index in [-0.39, 0.29) is 55.6 Å². The molecule has 0 aliphatic rings. The van der Waals surface area contributed by atoms with Gasteiger partial charge in [-0.3, -0.25) is 52.7 Å². The van der Waals surface area contributed by atoms with Crippen molar-refractivity contribution >= 4 is 75.9 Å². The van der Waals surface area contributed by atoms with Crippen LogP contribution in [0.5, 0.6) is 5.75 Å². The topological polar surface area (TPSA) is 430 Å². The van der Waals surface area contributed by atoms with Gasteiger partial charge < -0.3 is 80.2 Å². The van der Waals surface area contributed by atoms with E-state index in [0.717, 1.165) is 16.5 Å². The van der Waals surface area contributed by atoms with Crippen molar-refractivity contribution in [3.63, 3.8) is 0 Å². The van der Waals surface area contributed by atoms with E-state index in [1.807, 2.05) is 52.0 Å². The number of aromatic amines is 1. The Morgan fingerprint density at radius 1 is 0.525 bits per heavy atom.